The van der Waals surface area contributed by atoms with Gasteiger partial charge in [0.15, 0.2) is 11.6 Å². The Hall–Kier alpha value is -2.15. The Kier molecular flexibility index (Phi) is 5.53. The number of rotatable bonds is 4. The van der Waals surface area contributed by atoms with Crippen LogP contribution in [0.3, 0.4) is 0 Å². The van der Waals surface area contributed by atoms with E-state index < -0.39 is 17.6 Å². The summed E-state index contributed by atoms with van der Waals surface area (Å²) in [5.41, 5.74) is 0.220. The molecule has 2 aliphatic rings. The van der Waals surface area contributed by atoms with Crippen LogP contribution in [0.4, 0.5) is 10.1 Å². The van der Waals surface area contributed by atoms with Gasteiger partial charge in [0.2, 0.25) is 0 Å². The molecule has 25 heavy (non-hydrogen) atoms. The minimum atomic E-state index is -0.788. The quantitative estimate of drug-likeness (QED) is 0.815. The van der Waals surface area contributed by atoms with Crippen molar-refractivity contribution in [2.45, 2.75) is 44.2 Å². The van der Waals surface area contributed by atoms with Gasteiger partial charge in [0.1, 0.15) is 0 Å². The molecule has 1 atom stereocenters. The smallest absolute Gasteiger partial charge is 0.313 e. The average Bonchev–Trinajstić information content (AvgIpc) is 3.26. The van der Waals surface area contributed by atoms with Crippen LogP contribution in [0, 0.1) is 5.82 Å². The minimum Gasteiger partial charge on any atom is -0.494 e. The van der Waals surface area contributed by atoms with Crippen LogP contribution in [0.2, 0.25) is 0 Å². The molecule has 1 aliphatic heterocycles. The SMILES string of the molecule is COc1ccc(NC(=O)C(=O)NC2CCN(C3CCCC3)C2)cc1F. The van der Waals surface area contributed by atoms with Crippen molar-refractivity contribution in [1.82, 2.24) is 10.2 Å². The molecule has 7 heteroatoms. The Balaban J connectivity index is 1.49. The predicted molar refractivity (Wildman–Crippen MR) is 92.0 cm³/mol. The number of carbonyl (C=O) groups excluding carboxylic acids is 2. The van der Waals surface area contributed by atoms with Crippen LogP contribution >= 0.6 is 0 Å². The van der Waals surface area contributed by atoms with Crippen molar-refractivity contribution in [3.8, 4) is 5.75 Å². The number of hydrogen-bond donors (Lipinski definition) is 2. The summed E-state index contributed by atoms with van der Waals surface area (Å²) in [5, 5.41) is 5.19. The summed E-state index contributed by atoms with van der Waals surface area (Å²) in [4.78, 5) is 26.5. The molecule has 2 N–H and O–H groups in total. The lowest BCUT2D eigenvalue weighted by Gasteiger charge is -2.23. The topological polar surface area (TPSA) is 70.7 Å². The second kappa shape index (κ2) is 7.82. The average molecular weight is 349 g/mol. The maximum absolute atomic E-state index is 13.6. The molecule has 0 radical (unpaired) electrons. The minimum absolute atomic E-state index is 0.00791. The Labute approximate surface area is 146 Å². The number of methoxy groups -OCH3 is 1. The Morgan fingerprint density at radius 2 is 1.96 bits per heavy atom. The van der Waals surface area contributed by atoms with E-state index in [2.05, 4.69) is 15.5 Å². The number of ether oxygens (including phenoxy) is 1. The summed E-state index contributed by atoms with van der Waals surface area (Å²) in [6.07, 6.45) is 5.86. The third-order valence-corrected chi connectivity index (χ3v) is 5.01. The van der Waals surface area contributed by atoms with Gasteiger partial charge in [0.05, 0.1) is 7.11 Å². The van der Waals surface area contributed by atoms with Crippen LogP contribution in [0.15, 0.2) is 18.2 Å². The molecule has 1 unspecified atom stereocenters. The molecule has 1 heterocycles. The van der Waals surface area contributed by atoms with E-state index in [4.69, 9.17) is 4.74 Å². The zero-order valence-corrected chi connectivity index (χ0v) is 14.4. The number of hydrogen-bond acceptors (Lipinski definition) is 4. The van der Waals surface area contributed by atoms with Crippen LogP contribution in [0.1, 0.15) is 32.1 Å². The lowest BCUT2D eigenvalue weighted by atomic mass is 10.2. The summed E-state index contributed by atoms with van der Waals surface area (Å²) in [5.74, 6) is -1.98. The van der Waals surface area contributed by atoms with Crippen LogP contribution in [0.5, 0.6) is 5.75 Å². The third-order valence-electron chi connectivity index (χ3n) is 5.01. The van der Waals surface area contributed by atoms with Gasteiger partial charge in [-0.1, -0.05) is 12.8 Å². The molecule has 3 rings (SSSR count). The molecule has 1 aromatic rings. The van der Waals surface area contributed by atoms with Crippen molar-refractivity contribution >= 4 is 17.5 Å². The first-order valence-corrected chi connectivity index (χ1v) is 8.76. The molecule has 0 bridgehead atoms. The first kappa shape index (κ1) is 17.7. The Bertz CT molecular complexity index is 646. The number of halogens is 1. The number of benzene rings is 1. The molecule has 136 valence electrons. The Morgan fingerprint density at radius 3 is 2.64 bits per heavy atom. The number of carbonyl (C=O) groups is 2. The first-order chi connectivity index (χ1) is 12.1. The molecule has 2 amide bonds. The highest BCUT2D eigenvalue weighted by Gasteiger charge is 2.31. The number of anilines is 1. The number of nitrogens with one attached hydrogen (secondary N) is 2. The summed E-state index contributed by atoms with van der Waals surface area (Å²) < 4.78 is 18.5. The van der Waals surface area contributed by atoms with E-state index in [-0.39, 0.29) is 17.5 Å². The van der Waals surface area contributed by atoms with Crippen LogP contribution < -0.4 is 15.4 Å². The van der Waals surface area contributed by atoms with Crippen molar-refractivity contribution in [3.05, 3.63) is 24.0 Å². The van der Waals surface area contributed by atoms with E-state index in [0.717, 1.165) is 25.6 Å². The maximum atomic E-state index is 13.6. The number of amides is 2. The monoisotopic (exact) mass is 349 g/mol. The first-order valence-electron chi connectivity index (χ1n) is 8.76. The van der Waals surface area contributed by atoms with E-state index in [1.54, 1.807) is 0 Å². The summed E-state index contributed by atoms with van der Waals surface area (Å²) in [6.45, 7) is 1.75. The van der Waals surface area contributed by atoms with Crippen LogP contribution in [0.25, 0.3) is 0 Å². The third kappa shape index (κ3) is 4.28. The molecule has 0 spiro atoms. The van der Waals surface area contributed by atoms with Gasteiger partial charge in [-0.05, 0) is 31.4 Å². The van der Waals surface area contributed by atoms with Crippen molar-refractivity contribution in [3.63, 3.8) is 0 Å². The number of likely N-dealkylation sites (tertiary alicyclic amines) is 1. The normalized spacial score (nSPS) is 21.3. The maximum Gasteiger partial charge on any atom is 0.313 e. The van der Waals surface area contributed by atoms with Gasteiger partial charge in [-0.25, -0.2) is 4.39 Å². The number of nitrogens with zero attached hydrogens (tertiary/aromatic N) is 1. The van der Waals surface area contributed by atoms with Crippen molar-refractivity contribution in [2.75, 3.05) is 25.5 Å². The summed E-state index contributed by atoms with van der Waals surface area (Å²) >= 11 is 0. The summed E-state index contributed by atoms with van der Waals surface area (Å²) in [6, 6.07) is 4.63. The summed E-state index contributed by atoms with van der Waals surface area (Å²) in [7, 11) is 1.36. The van der Waals surface area contributed by atoms with Gasteiger partial charge < -0.3 is 15.4 Å². The fourth-order valence-corrected chi connectivity index (χ4v) is 3.69. The van der Waals surface area contributed by atoms with Gasteiger partial charge >= 0.3 is 11.8 Å². The molecule has 2 fully saturated rings. The van der Waals surface area contributed by atoms with Gasteiger partial charge in [-0.2, -0.15) is 0 Å². The second-order valence-corrected chi connectivity index (χ2v) is 6.70. The highest BCUT2D eigenvalue weighted by Crippen LogP contribution is 2.26. The zero-order valence-electron chi connectivity index (χ0n) is 14.4. The van der Waals surface area contributed by atoms with E-state index in [1.807, 2.05) is 0 Å². The van der Waals surface area contributed by atoms with Gasteiger partial charge in [-0.3, -0.25) is 14.5 Å². The van der Waals surface area contributed by atoms with Gasteiger partial charge in [0, 0.05) is 36.9 Å². The lowest BCUT2D eigenvalue weighted by Crippen LogP contribution is -2.43. The molecule has 6 nitrogen and oxygen atoms in total. The van der Waals surface area contributed by atoms with E-state index in [0.29, 0.717) is 6.04 Å². The Morgan fingerprint density at radius 1 is 1.20 bits per heavy atom. The molecule has 1 saturated heterocycles. The van der Waals surface area contributed by atoms with Crippen molar-refractivity contribution in [1.29, 1.82) is 0 Å². The van der Waals surface area contributed by atoms with E-state index in [1.165, 1.54) is 44.9 Å². The lowest BCUT2D eigenvalue weighted by molar-refractivity contribution is -0.136. The van der Waals surface area contributed by atoms with Gasteiger partial charge in [-0.15, -0.1) is 0 Å². The highest BCUT2D eigenvalue weighted by atomic mass is 19.1. The van der Waals surface area contributed by atoms with E-state index >= 15 is 0 Å². The predicted octanol–water partition coefficient (Wildman–Crippen LogP) is 1.91. The fraction of sp³-hybridized carbons (Fsp3) is 0.556. The largest absolute Gasteiger partial charge is 0.494 e. The second-order valence-electron chi connectivity index (χ2n) is 6.70. The molecule has 1 saturated carbocycles. The zero-order chi connectivity index (χ0) is 17.8. The van der Waals surface area contributed by atoms with Crippen LogP contribution in [-0.4, -0.2) is 49.0 Å². The molecule has 0 aromatic heterocycles. The van der Waals surface area contributed by atoms with Gasteiger partial charge in [0.25, 0.3) is 0 Å². The highest BCUT2D eigenvalue weighted by molar-refractivity contribution is 6.39. The van der Waals surface area contributed by atoms with Crippen molar-refractivity contribution < 1.29 is 18.7 Å². The standard InChI is InChI=1S/C18H24FN3O3/c1-25-16-7-6-12(10-15(16)19)20-17(23)18(24)21-13-8-9-22(11-13)14-4-2-3-5-14/h6-7,10,13-14H,2-5,8-9,11H2,1H3,(H,20,23)(H,21,24). The molecule has 1 aliphatic carbocycles. The van der Waals surface area contributed by atoms with Crippen molar-refractivity contribution in [2.24, 2.45) is 0 Å². The fourth-order valence-electron chi connectivity index (χ4n) is 3.69. The molecular weight excluding hydrogens is 325 g/mol. The molecular formula is C18H24FN3O3. The van der Waals surface area contributed by atoms with E-state index in [9.17, 15) is 14.0 Å². The molecule has 1 aromatic carbocycles. The van der Waals surface area contributed by atoms with Crippen LogP contribution in [-0.2, 0) is 9.59 Å².